The van der Waals surface area contributed by atoms with Crippen molar-refractivity contribution in [3.8, 4) is 0 Å². The molecule has 0 saturated heterocycles. The van der Waals surface area contributed by atoms with E-state index in [4.69, 9.17) is 4.52 Å². The molecule has 7 heteroatoms. The summed E-state index contributed by atoms with van der Waals surface area (Å²) in [4.78, 5) is 8.60. The standard InChI is InChI=1S/C15H20N6O/c1-4-12-8-14(21-15(19-12)17-9-18-21)16-7-5-6-13-10(2)20-22-11(13)3/h8-9,16H,4-7H2,1-3H3. The van der Waals surface area contributed by atoms with E-state index in [9.17, 15) is 0 Å². The van der Waals surface area contributed by atoms with E-state index < -0.39 is 0 Å². The number of aryl methyl sites for hydroxylation is 3. The van der Waals surface area contributed by atoms with Crippen LogP contribution in [0.3, 0.4) is 0 Å². The van der Waals surface area contributed by atoms with Gasteiger partial charge in [0.05, 0.1) is 5.69 Å². The quantitative estimate of drug-likeness (QED) is 0.704. The van der Waals surface area contributed by atoms with Crippen molar-refractivity contribution in [1.82, 2.24) is 24.7 Å². The molecular weight excluding hydrogens is 280 g/mol. The van der Waals surface area contributed by atoms with Crippen LogP contribution in [0, 0.1) is 13.8 Å². The van der Waals surface area contributed by atoms with Gasteiger partial charge in [0, 0.05) is 23.9 Å². The number of hydrogen-bond acceptors (Lipinski definition) is 6. The Kier molecular flexibility index (Phi) is 4.04. The van der Waals surface area contributed by atoms with Crippen molar-refractivity contribution < 1.29 is 4.52 Å². The van der Waals surface area contributed by atoms with Gasteiger partial charge in [0.2, 0.25) is 0 Å². The molecule has 3 rings (SSSR count). The molecule has 0 aliphatic carbocycles. The lowest BCUT2D eigenvalue weighted by molar-refractivity contribution is 0.392. The Morgan fingerprint density at radius 2 is 2.18 bits per heavy atom. The van der Waals surface area contributed by atoms with Crippen LogP contribution in [0.4, 0.5) is 5.82 Å². The van der Waals surface area contributed by atoms with Gasteiger partial charge in [-0.15, -0.1) is 0 Å². The third kappa shape index (κ3) is 2.79. The normalized spacial score (nSPS) is 11.2. The van der Waals surface area contributed by atoms with Crippen LogP contribution in [-0.2, 0) is 12.8 Å². The van der Waals surface area contributed by atoms with Gasteiger partial charge < -0.3 is 9.84 Å². The van der Waals surface area contributed by atoms with E-state index in [2.05, 4.69) is 32.5 Å². The summed E-state index contributed by atoms with van der Waals surface area (Å²) in [5, 5.41) is 11.6. The van der Waals surface area contributed by atoms with Crippen LogP contribution in [0.15, 0.2) is 16.9 Å². The van der Waals surface area contributed by atoms with Gasteiger partial charge in [0.25, 0.3) is 5.78 Å². The van der Waals surface area contributed by atoms with Crippen LogP contribution in [0.25, 0.3) is 5.78 Å². The molecular formula is C15H20N6O. The molecule has 116 valence electrons. The molecule has 1 N–H and O–H groups in total. The molecule has 22 heavy (non-hydrogen) atoms. The van der Waals surface area contributed by atoms with Gasteiger partial charge in [0.1, 0.15) is 17.9 Å². The lowest BCUT2D eigenvalue weighted by atomic mass is 10.1. The van der Waals surface area contributed by atoms with Gasteiger partial charge >= 0.3 is 0 Å². The highest BCUT2D eigenvalue weighted by molar-refractivity contribution is 5.44. The Morgan fingerprint density at radius 3 is 2.91 bits per heavy atom. The molecule has 0 aromatic carbocycles. The Morgan fingerprint density at radius 1 is 1.32 bits per heavy atom. The molecule has 7 nitrogen and oxygen atoms in total. The average molecular weight is 300 g/mol. The number of aromatic nitrogens is 5. The van der Waals surface area contributed by atoms with Gasteiger partial charge in [-0.3, -0.25) is 0 Å². The van der Waals surface area contributed by atoms with Gasteiger partial charge in [0.15, 0.2) is 0 Å². The molecule has 0 atom stereocenters. The van der Waals surface area contributed by atoms with Crippen LogP contribution in [0.2, 0.25) is 0 Å². The smallest absolute Gasteiger partial charge is 0.254 e. The minimum Gasteiger partial charge on any atom is -0.370 e. The van der Waals surface area contributed by atoms with Crippen molar-refractivity contribution in [2.24, 2.45) is 0 Å². The zero-order valence-electron chi connectivity index (χ0n) is 13.1. The van der Waals surface area contributed by atoms with E-state index in [0.717, 1.165) is 48.8 Å². The van der Waals surface area contributed by atoms with E-state index in [1.165, 1.54) is 11.9 Å². The highest BCUT2D eigenvalue weighted by Crippen LogP contribution is 2.15. The summed E-state index contributed by atoms with van der Waals surface area (Å²) in [7, 11) is 0. The molecule has 0 unspecified atom stereocenters. The third-order valence-electron chi connectivity index (χ3n) is 3.76. The van der Waals surface area contributed by atoms with E-state index >= 15 is 0 Å². The van der Waals surface area contributed by atoms with E-state index in [1.807, 2.05) is 19.9 Å². The van der Waals surface area contributed by atoms with Gasteiger partial charge in [-0.1, -0.05) is 12.1 Å². The van der Waals surface area contributed by atoms with Gasteiger partial charge in [-0.2, -0.15) is 14.6 Å². The molecule has 0 radical (unpaired) electrons. The van der Waals surface area contributed by atoms with E-state index in [1.54, 1.807) is 4.52 Å². The van der Waals surface area contributed by atoms with Crippen LogP contribution < -0.4 is 5.32 Å². The topological polar surface area (TPSA) is 81.1 Å². The van der Waals surface area contributed by atoms with Crippen molar-refractivity contribution in [1.29, 1.82) is 0 Å². The Hall–Kier alpha value is -2.44. The highest BCUT2D eigenvalue weighted by atomic mass is 16.5. The molecule has 0 spiro atoms. The molecule has 0 saturated carbocycles. The number of anilines is 1. The molecule has 0 amide bonds. The Balaban J connectivity index is 1.65. The van der Waals surface area contributed by atoms with Crippen LogP contribution in [-0.4, -0.2) is 31.3 Å². The Bertz CT molecular complexity index is 756. The highest BCUT2D eigenvalue weighted by Gasteiger charge is 2.09. The predicted octanol–water partition coefficient (Wildman–Crippen LogP) is 2.34. The summed E-state index contributed by atoms with van der Waals surface area (Å²) in [6, 6.07) is 2.03. The van der Waals surface area contributed by atoms with Crippen molar-refractivity contribution in [2.75, 3.05) is 11.9 Å². The number of nitrogens with one attached hydrogen (secondary N) is 1. The fourth-order valence-electron chi connectivity index (χ4n) is 2.51. The summed E-state index contributed by atoms with van der Waals surface area (Å²) < 4.78 is 6.92. The molecule has 3 aromatic rings. The van der Waals surface area contributed by atoms with Crippen molar-refractivity contribution in [3.05, 3.63) is 35.1 Å². The summed E-state index contributed by atoms with van der Waals surface area (Å²) in [5.41, 5.74) is 3.19. The molecule has 3 heterocycles. The van der Waals surface area contributed by atoms with Gasteiger partial charge in [-0.25, -0.2) is 4.98 Å². The van der Waals surface area contributed by atoms with E-state index in [0.29, 0.717) is 5.78 Å². The second kappa shape index (κ2) is 6.13. The number of nitrogens with zero attached hydrogens (tertiary/aromatic N) is 5. The van der Waals surface area contributed by atoms with Crippen LogP contribution in [0.5, 0.6) is 0 Å². The van der Waals surface area contributed by atoms with Crippen molar-refractivity contribution >= 4 is 11.6 Å². The van der Waals surface area contributed by atoms with Crippen LogP contribution in [0.1, 0.15) is 36.1 Å². The summed E-state index contributed by atoms with van der Waals surface area (Å²) in [6.07, 6.45) is 4.33. The second-order valence-corrected chi connectivity index (χ2v) is 5.29. The fraction of sp³-hybridized carbons (Fsp3) is 0.467. The minimum absolute atomic E-state index is 0.632. The fourth-order valence-corrected chi connectivity index (χ4v) is 2.51. The summed E-state index contributed by atoms with van der Waals surface area (Å²) in [5.74, 6) is 2.47. The molecule has 0 aliphatic heterocycles. The lowest BCUT2D eigenvalue weighted by Crippen LogP contribution is -2.09. The van der Waals surface area contributed by atoms with Crippen molar-refractivity contribution in [3.63, 3.8) is 0 Å². The number of hydrogen-bond donors (Lipinski definition) is 1. The number of rotatable bonds is 6. The van der Waals surface area contributed by atoms with Crippen LogP contribution >= 0.6 is 0 Å². The molecule has 3 aromatic heterocycles. The zero-order valence-corrected chi connectivity index (χ0v) is 13.1. The maximum absolute atomic E-state index is 5.19. The van der Waals surface area contributed by atoms with Gasteiger partial charge in [-0.05, 0) is 33.1 Å². The first-order valence-electron chi connectivity index (χ1n) is 7.54. The third-order valence-corrected chi connectivity index (χ3v) is 3.76. The lowest BCUT2D eigenvalue weighted by Gasteiger charge is -2.09. The average Bonchev–Trinajstić information content (AvgIpc) is 3.11. The van der Waals surface area contributed by atoms with E-state index in [-0.39, 0.29) is 0 Å². The first kappa shape index (κ1) is 14.5. The first-order valence-corrected chi connectivity index (χ1v) is 7.54. The maximum atomic E-state index is 5.19. The second-order valence-electron chi connectivity index (χ2n) is 5.29. The maximum Gasteiger partial charge on any atom is 0.254 e. The van der Waals surface area contributed by atoms with Crippen molar-refractivity contribution in [2.45, 2.75) is 40.0 Å². The predicted molar refractivity (Wildman–Crippen MR) is 82.9 cm³/mol. The number of fused-ring (bicyclic) bond motifs is 1. The molecule has 0 fully saturated rings. The molecule has 0 bridgehead atoms. The minimum atomic E-state index is 0.632. The summed E-state index contributed by atoms with van der Waals surface area (Å²) >= 11 is 0. The molecule has 0 aliphatic rings. The SMILES string of the molecule is CCc1cc(NCCCc2c(C)noc2C)n2ncnc2n1. The first-order chi connectivity index (χ1) is 10.7. The Labute approximate surface area is 128 Å². The summed E-state index contributed by atoms with van der Waals surface area (Å²) in [6.45, 7) is 6.86. The zero-order chi connectivity index (χ0) is 15.5. The monoisotopic (exact) mass is 300 g/mol. The largest absolute Gasteiger partial charge is 0.370 e.